The van der Waals surface area contributed by atoms with E-state index in [0.717, 1.165) is 50.7 Å². The van der Waals surface area contributed by atoms with Crippen LogP contribution in [-0.4, -0.2) is 48.3 Å². The fourth-order valence-electron chi connectivity index (χ4n) is 3.05. The molecule has 160 valence electrons. The van der Waals surface area contributed by atoms with Crippen LogP contribution < -0.4 is 15.4 Å². The second-order valence-electron chi connectivity index (χ2n) is 7.35. The van der Waals surface area contributed by atoms with Crippen LogP contribution in [0.4, 0.5) is 5.69 Å². The van der Waals surface area contributed by atoms with Crippen molar-refractivity contribution in [3.8, 4) is 5.75 Å². The summed E-state index contributed by atoms with van der Waals surface area (Å²) in [5.74, 6) is 0.491. The van der Waals surface area contributed by atoms with Gasteiger partial charge in [-0.25, -0.2) is 0 Å². The van der Waals surface area contributed by atoms with Gasteiger partial charge in [-0.1, -0.05) is 19.1 Å². The van der Waals surface area contributed by atoms with Gasteiger partial charge in [0, 0.05) is 30.9 Å². The summed E-state index contributed by atoms with van der Waals surface area (Å²) in [4.78, 5) is 14.8. The van der Waals surface area contributed by atoms with Crippen molar-refractivity contribution in [2.24, 2.45) is 0 Å². The number of hydrogen-bond acceptors (Lipinski definition) is 5. The Morgan fingerprint density at radius 1 is 1.13 bits per heavy atom. The molecule has 0 spiro atoms. The van der Waals surface area contributed by atoms with Gasteiger partial charge in [-0.3, -0.25) is 15.0 Å². The molecular weight excluding hydrogens is 398 g/mol. The number of nitrogens with zero attached hydrogens (tertiary/aromatic N) is 1. The van der Waals surface area contributed by atoms with Crippen molar-refractivity contribution in [3.63, 3.8) is 0 Å². The van der Waals surface area contributed by atoms with E-state index >= 15 is 0 Å². The van der Waals surface area contributed by atoms with E-state index < -0.39 is 0 Å². The van der Waals surface area contributed by atoms with Crippen LogP contribution in [0.25, 0.3) is 0 Å². The largest absolute Gasteiger partial charge is 0.491 e. The van der Waals surface area contributed by atoms with Crippen LogP contribution in [0.1, 0.15) is 36.2 Å². The molecule has 1 fully saturated rings. The highest BCUT2D eigenvalue weighted by Gasteiger charge is 2.11. The summed E-state index contributed by atoms with van der Waals surface area (Å²) in [5.41, 5.74) is 2.59. The highest BCUT2D eigenvalue weighted by molar-refractivity contribution is 7.80. The second kappa shape index (κ2) is 11.1. The van der Waals surface area contributed by atoms with Gasteiger partial charge in [0.05, 0.1) is 19.3 Å². The molecule has 1 saturated heterocycles. The van der Waals surface area contributed by atoms with Crippen molar-refractivity contribution in [1.29, 1.82) is 0 Å². The van der Waals surface area contributed by atoms with Crippen LogP contribution in [0.5, 0.6) is 5.75 Å². The third-order valence-corrected chi connectivity index (χ3v) is 5.18. The number of carbonyl (C=O) groups is 1. The molecule has 6 nitrogen and oxygen atoms in total. The minimum Gasteiger partial charge on any atom is -0.491 e. The van der Waals surface area contributed by atoms with Crippen LogP contribution in [0, 0.1) is 0 Å². The lowest BCUT2D eigenvalue weighted by molar-refractivity contribution is 0.0342. The summed E-state index contributed by atoms with van der Waals surface area (Å²) in [5, 5.41) is 6.04. The average molecular weight is 428 g/mol. The van der Waals surface area contributed by atoms with E-state index in [1.54, 1.807) is 24.3 Å². The first-order valence-corrected chi connectivity index (χ1v) is 10.7. The summed E-state index contributed by atoms with van der Waals surface area (Å²) in [6, 6.07) is 15.1. The molecule has 2 N–H and O–H groups in total. The third-order valence-electron chi connectivity index (χ3n) is 4.98. The van der Waals surface area contributed by atoms with Gasteiger partial charge in [0.2, 0.25) is 0 Å². The smallest absolute Gasteiger partial charge is 0.257 e. The molecule has 1 aliphatic heterocycles. The van der Waals surface area contributed by atoms with Crippen LogP contribution in [0.15, 0.2) is 48.5 Å². The molecule has 30 heavy (non-hydrogen) atoms. The highest BCUT2D eigenvalue weighted by Crippen LogP contribution is 2.15. The zero-order valence-electron chi connectivity index (χ0n) is 17.5. The molecule has 1 amide bonds. The number of hydrogen-bond donors (Lipinski definition) is 2. The Labute approximate surface area is 183 Å². The average Bonchev–Trinajstić information content (AvgIpc) is 2.76. The molecule has 2 aromatic rings. The maximum Gasteiger partial charge on any atom is 0.257 e. The fraction of sp³-hybridized carbons (Fsp3) is 0.391. The first-order valence-electron chi connectivity index (χ1n) is 10.3. The van der Waals surface area contributed by atoms with Crippen molar-refractivity contribution in [1.82, 2.24) is 10.2 Å². The molecule has 1 atom stereocenters. The monoisotopic (exact) mass is 427 g/mol. The number of ether oxygens (including phenoxy) is 2. The Morgan fingerprint density at radius 2 is 1.80 bits per heavy atom. The van der Waals surface area contributed by atoms with Crippen molar-refractivity contribution in [3.05, 3.63) is 59.7 Å². The van der Waals surface area contributed by atoms with Crippen LogP contribution in [0.3, 0.4) is 0 Å². The number of anilines is 1. The molecule has 0 aliphatic carbocycles. The molecular formula is C23H29N3O3S. The Hall–Kier alpha value is -2.48. The lowest BCUT2D eigenvalue weighted by Crippen LogP contribution is -2.35. The Kier molecular flexibility index (Phi) is 8.19. The topological polar surface area (TPSA) is 62.8 Å². The van der Waals surface area contributed by atoms with Crippen molar-refractivity contribution < 1.29 is 14.3 Å². The van der Waals surface area contributed by atoms with Gasteiger partial charge in [-0.2, -0.15) is 0 Å². The number of nitrogens with one attached hydrogen (secondary N) is 2. The molecule has 0 radical (unpaired) electrons. The van der Waals surface area contributed by atoms with E-state index in [1.807, 2.05) is 19.1 Å². The molecule has 0 aromatic heterocycles. The van der Waals surface area contributed by atoms with E-state index in [4.69, 9.17) is 21.7 Å². The van der Waals surface area contributed by atoms with Crippen molar-refractivity contribution in [2.45, 2.75) is 32.9 Å². The standard InChI is InChI=1S/C23H29N3O3S/c1-3-17(2)29-21-10-6-19(7-11-21)22(27)25-23(30)24-20-8-4-18(5-9-20)16-26-12-14-28-15-13-26/h4-11,17H,3,12-16H2,1-2H3,(H2,24,25,27,30)/t17-/m1/s1. The zero-order valence-corrected chi connectivity index (χ0v) is 18.3. The first kappa shape index (κ1) is 22.2. The van der Waals surface area contributed by atoms with Crippen molar-refractivity contribution in [2.75, 3.05) is 31.6 Å². The van der Waals surface area contributed by atoms with E-state index in [9.17, 15) is 4.79 Å². The van der Waals surface area contributed by atoms with Gasteiger partial charge in [-0.05, 0) is 67.5 Å². The normalized spacial score (nSPS) is 15.3. The summed E-state index contributed by atoms with van der Waals surface area (Å²) < 4.78 is 11.1. The summed E-state index contributed by atoms with van der Waals surface area (Å²) in [6.45, 7) is 8.49. The number of thiocarbonyl (C=S) groups is 1. The molecule has 0 unspecified atom stereocenters. The van der Waals surface area contributed by atoms with Crippen LogP contribution in [-0.2, 0) is 11.3 Å². The minimum atomic E-state index is -0.258. The van der Waals surface area contributed by atoms with Gasteiger partial charge < -0.3 is 14.8 Å². The summed E-state index contributed by atoms with van der Waals surface area (Å²) in [6.07, 6.45) is 1.07. The maximum atomic E-state index is 12.4. The van der Waals surface area contributed by atoms with E-state index in [2.05, 4.69) is 34.6 Å². The SMILES string of the molecule is CC[C@@H](C)Oc1ccc(C(=O)NC(=S)Nc2ccc(CN3CCOCC3)cc2)cc1. The lowest BCUT2D eigenvalue weighted by atomic mass is 10.2. The molecule has 1 aliphatic rings. The van der Waals surface area contributed by atoms with Crippen LogP contribution in [0.2, 0.25) is 0 Å². The van der Waals surface area contributed by atoms with Crippen molar-refractivity contribution >= 4 is 28.9 Å². The van der Waals surface area contributed by atoms with Gasteiger partial charge in [-0.15, -0.1) is 0 Å². The number of benzene rings is 2. The second-order valence-corrected chi connectivity index (χ2v) is 7.76. The molecule has 2 aromatic carbocycles. The minimum absolute atomic E-state index is 0.140. The number of amides is 1. The fourth-order valence-corrected chi connectivity index (χ4v) is 3.26. The maximum absolute atomic E-state index is 12.4. The van der Waals surface area contributed by atoms with Gasteiger partial charge in [0.15, 0.2) is 5.11 Å². The Balaban J connectivity index is 1.48. The number of morpholine rings is 1. The molecule has 0 saturated carbocycles. The molecule has 7 heteroatoms. The summed E-state index contributed by atoms with van der Waals surface area (Å²) >= 11 is 5.28. The Morgan fingerprint density at radius 3 is 2.43 bits per heavy atom. The predicted octanol–water partition coefficient (Wildman–Crippen LogP) is 3.82. The van der Waals surface area contributed by atoms with Gasteiger partial charge in [0.1, 0.15) is 5.75 Å². The van der Waals surface area contributed by atoms with Gasteiger partial charge >= 0.3 is 0 Å². The van der Waals surface area contributed by atoms with E-state index in [-0.39, 0.29) is 17.1 Å². The van der Waals surface area contributed by atoms with E-state index in [1.165, 1.54) is 5.56 Å². The Bertz CT molecular complexity index is 834. The first-order chi connectivity index (χ1) is 14.5. The summed E-state index contributed by atoms with van der Waals surface area (Å²) in [7, 11) is 0. The third kappa shape index (κ3) is 6.79. The molecule has 1 heterocycles. The lowest BCUT2D eigenvalue weighted by Gasteiger charge is -2.26. The number of carbonyl (C=O) groups excluding carboxylic acids is 1. The number of rotatable bonds is 7. The van der Waals surface area contributed by atoms with Crippen LogP contribution >= 0.6 is 12.2 Å². The predicted molar refractivity (Wildman–Crippen MR) is 123 cm³/mol. The molecule has 0 bridgehead atoms. The molecule has 3 rings (SSSR count). The quantitative estimate of drug-likeness (QED) is 0.655. The zero-order chi connectivity index (χ0) is 21.3. The van der Waals surface area contributed by atoms with Gasteiger partial charge in [0.25, 0.3) is 5.91 Å². The highest BCUT2D eigenvalue weighted by atomic mass is 32.1. The van der Waals surface area contributed by atoms with E-state index in [0.29, 0.717) is 5.56 Å².